The van der Waals surface area contributed by atoms with Gasteiger partial charge in [-0.05, 0) is 32.0 Å². The highest BCUT2D eigenvalue weighted by Gasteiger charge is 2.02. The summed E-state index contributed by atoms with van der Waals surface area (Å²) in [7, 11) is 1.93. The fourth-order valence-corrected chi connectivity index (χ4v) is 0.914. The minimum absolute atomic E-state index is 0.0713. The number of aliphatic hydroxyl groups is 1. The molecule has 0 radical (unpaired) electrons. The molecule has 0 bridgehead atoms. The quantitative estimate of drug-likeness (QED) is 0.531. The van der Waals surface area contributed by atoms with Crippen molar-refractivity contribution in [2.75, 3.05) is 13.6 Å². The van der Waals surface area contributed by atoms with Crippen LogP contribution in [0, 0.1) is 5.92 Å². The van der Waals surface area contributed by atoms with Gasteiger partial charge in [-0.15, -0.1) is 0 Å². The van der Waals surface area contributed by atoms with E-state index >= 15 is 0 Å². The molecule has 0 aliphatic carbocycles. The van der Waals surface area contributed by atoms with Gasteiger partial charge in [-0.25, -0.2) is 0 Å². The molecule has 0 aliphatic heterocycles. The Bertz CT molecular complexity index is 207. The van der Waals surface area contributed by atoms with Gasteiger partial charge in [0, 0.05) is 0 Å². The Morgan fingerprint density at radius 2 is 1.65 bits per heavy atom. The molecule has 0 aromatic heterocycles. The second kappa shape index (κ2) is 17.4. The summed E-state index contributed by atoms with van der Waals surface area (Å²) in [5.74, 6) is 0.505. The van der Waals surface area contributed by atoms with Crippen molar-refractivity contribution in [3.8, 4) is 0 Å². The fourth-order valence-electron chi connectivity index (χ4n) is 0.914. The lowest BCUT2D eigenvalue weighted by Crippen LogP contribution is -2.11. The van der Waals surface area contributed by atoms with Crippen LogP contribution in [0.25, 0.3) is 0 Å². The summed E-state index contributed by atoms with van der Waals surface area (Å²) < 4.78 is 0. The zero-order valence-electron chi connectivity index (χ0n) is 12.5. The standard InChI is InChI=1S/C11H19NO.2C2H6/c1-9(5-6-11(3)13)10(2)7-8-12-4;2*1-2/h5-6,10,12-13H,1,3,7-8H2,2,4H3;2*1-2H3/b6-5-;;. The highest BCUT2D eigenvalue weighted by molar-refractivity contribution is 5.22. The summed E-state index contributed by atoms with van der Waals surface area (Å²) in [6.45, 7) is 18.4. The van der Waals surface area contributed by atoms with E-state index in [1.54, 1.807) is 6.08 Å². The smallest absolute Gasteiger partial charge is 0.108 e. The normalized spacial score (nSPS) is 10.7. The number of hydrogen-bond acceptors (Lipinski definition) is 2. The summed E-state index contributed by atoms with van der Waals surface area (Å²) in [5, 5.41) is 11.9. The highest BCUT2D eigenvalue weighted by Crippen LogP contribution is 2.13. The topological polar surface area (TPSA) is 32.3 Å². The van der Waals surface area contributed by atoms with E-state index in [0.29, 0.717) is 5.92 Å². The Morgan fingerprint density at radius 1 is 1.18 bits per heavy atom. The average Bonchev–Trinajstić information content (AvgIpc) is 2.37. The van der Waals surface area contributed by atoms with Gasteiger partial charge in [0.25, 0.3) is 0 Å². The molecule has 0 amide bonds. The van der Waals surface area contributed by atoms with Crippen molar-refractivity contribution in [3.05, 3.63) is 36.6 Å². The molecular formula is C15H31NO. The van der Waals surface area contributed by atoms with E-state index in [9.17, 15) is 0 Å². The summed E-state index contributed by atoms with van der Waals surface area (Å²) >= 11 is 0. The van der Waals surface area contributed by atoms with Gasteiger partial charge < -0.3 is 10.4 Å². The van der Waals surface area contributed by atoms with Crippen LogP contribution in [0.2, 0.25) is 0 Å². The van der Waals surface area contributed by atoms with E-state index in [2.05, 4.69) is 25.4 Å². The fraction of sp³-hybridized carbons (Fsp3) is 0.600. The number of allylic oxidation sites excluding steroid dienone is 3. The number of nitrogens with one attached hydrogen (secondary N) is 1. The Labute approximate surface area is 108 Å². The van der Waals surface area contributed by atoms with Crippen LogP contribution in [0.4, 0.5) is 0 Å². The molecular weight excluding hydrogens is 210 g/mol. The lowest BCUT2D eigenvalue weighted by molar-refractivity contribution is 0.435. The molecule has 102 valence electrons. The summed E-state index contributed by atoms with van der Waals surface area (Å²) in [5.41, 5.74) is 1.02. The molecule has 0 spiro atoms. The number of rotatable bonds is 6. The van der Waals surface area contributed by atoms with Crippen molar-refractivity contribution in [1.29, 1.82) is 0 Å². The maximum absolute atomic E-state index is 8.82. The van der Waals surface area contributed by atoms with Gasteiger partial charge in [-0.2, -0.15) is 0 Å². The van der Waals surface area contributed by atoms with E-state index in [1.807, 2.05) is 40.8 Å². The minimum Gasteiger partial charge on any atom is -0.509 e. The van der Waals surface area contributed by atoms with Gasteiger partial charge >= 0.3 is 0 Å². The molecule has 0 heterocycles. The van der Waals surface area contributed by atoms with E-state index in [1.165, 1.54) is 0 Å². The summed E-state index contributed by atoms with van der Waals surface area (Å²) in [6, 6.07) is 0. The number of aliphatic hydroxyl groups excluding tert-OH is 1. The van der Waals surface area contributed by atoms with Crippen LogP contribution in [0.3, 0.4) is 0 Å². The first kappa shape index (κ1) is 21.3. The van der Waals surface area contributed by atoms with Crippen molar-refractivity contribution in [2.45, 2.75) is 41.0 Å². The van der Waals surface area contributed by atoms with Gasteiger partial charge in [-0.3, -0.25) is 0 Å². The van der Waals surface area contributed by atoms with Crippen LogP contribution in [0.15, 0.2) is 36.6 Å². The molecule has 1 atom stereocenters. The second-order valence-corrected chi connectivity index (χ2v) is 3.19. The molecule has 17 heavy (non-hydrogen) atoms. The molecule has 0 saturated carbocycles. The molecule has 0 rings (SSSR count). The molecule has 0 aromatic carbocycles. The molecule has 0 saturated heterocycles. The van der Waals surface area contributed by atoms with Crippen LogP contribution in [-0.4, -0.2) is 18.7 Å². The van der Waals surface area contributed by atoms with Crippen LogP contribution in [0.5, 0.6) is 0 Å². The van der Waals surface area contributed by atoms with Crippen molar-refractivity contribution in [2.24, 2.45) is 5.92 Å². The van der Waals surface area contributed by atoms with Crippen LogP contribution in [0.1, 0.15) is 41.0 Å². The molecule has 0 fully saturated rings. The molecule has 2 N–H and O–H groups in total. The lowest BCUT2D eigenvalue weighted by Gasteiger charge is -2.10. The third-order valence-corrected chi connectivity index (χ3v) is 1.95. The van der Waals surface area contributed by atoms with E-state index in [-0.39, 0.29) is 5.76 Å². The van der Waals surface area contributed by atoms with Crippen molar-refractivity contribution < 1.29 is 5.11 Å². The van der Waals surface area contributed by atoms with Gasteiger partial charge in [0.15, 0.2) is 0 Å². The Morgan fingerprint density at radius 3 is 2.00 bits per heavy atom. The van der Waals surface area contributed by atoms with Gasteiger partial charge in [0.1, 0.15) is 5.76 Å². The SMILES string of the molecule is C=C(O)/C=C\C(=C)C(C)CCNC.CC.CC. The first-order valence-electron chi connectivity index (χ1n) is 6.47. The Hall–Kier alpha value is -1.02. The van der Waals surface area contributed by atoms with Crippen molar-refractivity contribution in [3.63, 3.8) is 0 Å². The molecule has 2 heteroatoms. The van der Waals surface area contributed by atoms with Crippen LogP contribution < -0.4 is 5.32 Å². The third kappa shape index (κ3) is 17.6. The molecule has 0 aliphatic rings. The minimum atomic E-state index is 0.0713. The predicted octanol–water partition coefficient (Wildman–Crippen LogP) is 4.47. The molecule has 0 aromatic rings. The lowest BCUT2D eigenvalue weighted by atomic mass is 9.99. The maximum atomic E-state index is 8.82. The van der Waals surface area contributed by atoms with Crippen molar-refractivity contribution >= 4 is 0 Å². The zero-order valence-corrected chi connectivity index (χ0v) is 12.5. The number of hydrogen-bond donors (Lipinski definition) is 2. The highest BCUT2D eigenvalue weighted by atomic mass is 16.3. The largest absolute Gasteiger partial charge is 0.509 e. The summed E-state index contributed by atoms with van der Waals surface area (Å²) in [6.07, 6.45) is 4.43. The molecule has 2 nitrogen and oxygen atoms in total. The first-order valence-corrected chi connectivity index (χ1v) is 6.47. The van der Waals surface area contributed by atoms with Crippen molar-refractivity contribution in [1.82, 2.24) is 5.32 Å². The zero-order chi connectivity index (χ0) is 14.3. The predicted molar refractivity (Wildman–Crippen MR) is 80.5 cm³/mol. The third-order valence-electron chi connectivity index (χ3n) is 1.95. The van der Waals surface area contributed by atoms with Gasteiger partial charge in [-0.1, -0.05) is 59.4 Å². The second-order valence-electron chi connectivity index (χ2n) is 3.19. The van der Waals surface area contributed by atoms with Crippen LogP contribution >= 0.6 is 0 Å². The monoisotopic (exact) mass is 241 g/mol. The molecule has 1 unspecified atom stereocenters. The summed E-state index contributed by atoms with van der Waals surface area (Å²) in [4.78, 5) is 0. The van der Waals surface area contributed by atoms with E-state index < -0.39 is 0 Å². The van der Waals surface area contributed by atoms with Gasteiger partial charge in [0.05, 0.1) is 0 Å². The Kier molecular flexibility index (Phi) is 21.8. The average molecular weight is 241 g/mol. The first-order chi connectivity index (χ1) is 8.07. The maximum Gasteiger partial charge on any atom is 0.108 e. The van der Waals surface area contributed by atoms with E-state index in [0.717, 1.165) is 18.5 Å². The van der Waals surface area contributed by atoms with Gasteiger partial charge in [0.2, 0.25) is 0 Å². The van der Waals surface area contributed by atoms with Crippen LogP contribution in [-0.2, 0) is 0 Å². The Balaban J connectivity index is -0.000000439. The van der Waals surface area contributed by atoms with E-state index in [4.69, 9.17) is 5.11 Å².